The minimum Gasteiger partial charge on any atom is -0.355 e. The summed E-state index contributed by atoms with van der Waals surface area (Å²) in [5.41, 5.74) is 2.26. The zero-order valence-electron chi connectivity index (χ0n) is 16.5. The average Bonchev–Trinajstić information content (AvgIpc) is 3.29. The predicted octanol–water partition coefficient (Wildman–Crippen LogP) is 3.45. The fourth-order valence-electron chi connectivity index (χ4n) is 3.28. The molecule has 1 aliphatic rings. The van der Waals surface area contributed by atoms with Crippen molar-refractivity contribution in [3.8, 4) is 0 Å². The predicted molar refractivity (Wildman–Crippen MR) is 118 cm³/mol. The normalized spacial score (nSPS) is 14.8. The van der Waals surface area contributed by atoms with E-state index in [2.05, 4.69) is 17.4 Å². The summed E-state index contributed by atoms with van der Waals surface area (Å²) in [5, 5.41) is 2.95. The number of rotatable bonds is 10. The van der Waals surface area contributed by atoms with Crippen molar-refractivity contribution >= 4 is 27.7 Å². The zero-order valence-corrected chi connectivity index (χ0v) is 18.2. The van der Waals surface area contributed by atoms with Crippen LogP contribution in [0.3, 0.4) is 0 Å². The van der Waals surface area contributed by atoms with Crippen molar-refractivity contribution in [3.63, 3.8) is 0 Å². The van der Waals surface area contributed by atoms with Crippen LogP contribution in [0.4, 0.5) is 0 Å². The zero-order chi connectivity index (χ0) is 20.5. The SMILES string of the molecule is O=C(CCc1ccc(S(=O)(=O)N2CCCC2)cc1)NCCSCc1ccccc1. The molecule has 0 spiro atoms. The van der Waals surface area contributed by atoms with E-state index in [1.165, 1.54) is 5.56 Å². The maximum absolute atomic E-state index is 12.5. The van der Waals surface area contributed by atoms with Crippen molar-refractivity contribution in [2.45, 2.75) is 36.3 Å². The molecule has 0 atom stereocenters. The molecule has 0 unspecified atom stereocenters. The number of nitrogens with zero attached hydrogens (tertiary/aromatic N) is 1. The second-order valence-electron chi connectivity index (χ2n) is 7.14. The highest BCUT2D eigenvalue weighted by atomic mass is 32.2. The van der Waals surface area contributed by atoms with Gasteiger partial charge in [0.05, 0.1) is 4.90 Å². The number of aryl methyl sites for hydroxylation is 1. The molecule has 156 valence electrons. The Labute approximate surface area is 177 Å². The summed E-state index contributed by atoms with van der Waals surface area (Å²) in [5.74, 6) is 1.85. The van der Waals surface area contributed by atoms with E-state index in [1.54, 1.807) is 28.2 Å². The Morgan fingerprint density at radius 2 is 1.66 bits per heavy atom. The Morgan fingerprint density at radius 1 is 0.966 bits per heavy atom. The van der Waals surface area contributed by atoms with Crippen LogP contribution in [-0.4, -0.2) is 44.0 Å². The van der Waals surface area contributed by atoms with Crippen molar-refractivity contribution in [2.75, 3.05) is 25.4 Å². The van der Waals surface area contributed by atoms with Crippen LogP contribution >= 0.6 is 11.8 Å². The molecule has 0 aliphatic carbocycles. The Hall–Kier alpha value is -1.83. The maximum atomic E-state index is 12.5. The molecular weight excluding hydrogens is 404 g/mol. The van der Waals surface area contributed by atoms with Gasteiger partial charge >= 0.3 is 0 Å². The minimum atomic E-state index is -3.37. The second-order valence-corrected chi connectivity index (χ2v) is 10.2. The van der Waals surface area contributed by atoms with Crippen LogP contribution in [0.1, 0.15) is 30.4 Å². The maximum Gasteiger partial charge on any atom is 0.243 e. The van der Waals surface area contributed by atoms with Crippen LogP contribution in [0.5, 0.6) is 0 Å². The van der Waals surface area contributed by atoms with Gasteiger partial charge in [-0.3, -0.25) is 4.79 Å². The molecule has 1 fully saturated rings. The van der Waals surface area contributed by atoms with Crippen LogP contribution in [0, 0.1) is 0 Å². The first kappa shape index (κ1) is 21.9. The first-order valence-electron chi connectivity index (χ1n) is 10.0. The van der Waals surface area contributed by atoms with Gasteiger partial charge in [0.25, 0.3) is 0 Å². The summed E-state index contributed by atoms with van der Waals surface area (Å²) in [4.78, 5) is 12.4. The van der Waals surface area contributed by atoms with E-state index in [4.69, 9.17) is 0 Å². The molecule has 5 nitrogen and oxygen atoms in total. The number of benzene rings is 2. The Kier molecular flexibility index (Phi) is 8.15. The number of thioether (sulfide) groups is 1. The summed E-state index contributed by atoms with van der Waals surface area (Å²) in [6, 6.07) is 17.2. The number of nitrogens with one attached hydrogen (secondary N) is 1. The van der Waals surface area contributed by atoms with E-state index in [9.17, 15) is 13.2 Å². The molecule has 0 aromatic heterocycles. The largest absolute Gasteiger partial charge is 0.355 e. The summed E-state index contributed by atoms with van der Waals surface area (Å²) in [7, 11) is -3.37. The van der Waals surface area contributed by atoms with E-state index in [1.807, 2.05) is 30.3 Å². The lowest BCUT2D eigenvalue weighted by atomic mass is 10.1. The first-order valence-corrected chi connectivity index (χ1v) is 12.6. The Bertz CT molecular complexity index is 878. The van der Waals surface area contributed by atoms with E-state index in [-0.39, 0.29) is 5.91 Å². The van der Waals surface area contributed by atoms with Gasteiger partial charge < -0.3 is 5.32 Å². The van der Waals surface area contributed by atoms with Gasteiger partial charge in [0.15, 0.2) is 0 Å². The summed E-state index contributed by atoms with van der Waals surface area (Å²) in [6.45, 7) is 1.87. The van der Waals surface area contributed by atoms with Crippen molar-refractivity contribution in [1.29, 1.82) is 0 Å². The standard InChI is InChI=1S/C22H28N2O3S2/c25-22(23-14-17-28-18-20-6-2-1-3-7-20)13-10-19-8-11-21(12-9-19)29(26,27)24-15-4-5-16-24/h1-3,6-9,11-12H,4-5,10,13-18H2,(H,23,25). The van der Waals surface area contributed by atoms with Gasteiger partial charge in [0.1, 0.15) is 0 Å². The first-order chi connectivity index (χ1) is 14.1. The van der Waals surface area contributed by atoms with Crippen LogP contribution in [0.2, 0.25) is 0 Å². The third-order valence-corrected chi connectivity index (χ3v) is 7.89. The number of carbonyl (C=O) groups is 1. The van der Waals surface area contributed by atoms with Crippen LogP contribution < -0.4 is 5.32 Å². The molecule has 2 aromatic rings. The third-order valence-electron chi connectivity index (χ3n) is 4.95. The monoisotopic (exact) mass is 432 g/mol. The fourth-order valence-corrected chi connectivity index (χ4v) is 5.61. The molecule has 0 bridgehead atoms. The molecule has 1 N–H and O–H groups in total. The smallest absolute Gasteiger partial charge is 0.243 e. The topological polar surface area (TPSA) is 66.5 Å². The molecule has 1 aliphatic heterocycles. The molecule has 2 aromatic carbocycles. The molecule has 0 radical (unpaired) electrons. The lowest BCUT2D eigenvalue weighted by molar-refractivity contribution is -0.120. The highest BCUT2D eigenvalue weighted by Crippen LogP contribution is 2.21. The van der Waals surface area contributed by atoms with Crippen LogP contribution in [0.25, 0.3) is 0 Å². The number of amides is 1. The van der Waals surface area contributed by atoms with E-state index >= 15 is 0 Å². The van der Waals surface area contributed by atoms with Crippen molar-refractivity contribution in [3.05, 3.63) is 65.7 Å². The number of hydrogen-bond acceptors (Lipinski definition) is 4. The van der Waals surface area contributed by atoms with Crippen LogP contribution in [-0.2, 0) is 27.0 Å². The van der Waals surface area contributed by atoms with Crippen molar-refractivity contribution < 1.29 is 13.2 Å². The average molecular weight is 433 g/mol. The molecule has 3 rings (SSSR count). The van der Waals surface area contributed by atoms with E-state index < -0.39 is 10.0 Å². The number of hydrogen-bond donors (Lipinski definition) is 1. The molecule has 1 saturated heterocycles. The van der Waals surface area contributed by atoms with Gasteiger partial charge in [0.2, 0.25) is 15.9 Å². The van der Waals surface area contributed by atoms with Gasteiger partial charge in [-0.1, -0.05) is 42.5 Å². The molecule has 29 heavy (non-hydrogen) atoms. The second kappa shape index (κ2) is 10.8. The van der Waals surface area contributed by atoms with Crippen molar-refractivity contribution in [1.82, 2.24) is 9.62 Å². The Morgan fingerprint density at radius 3 is 2.34 bits per heavy atom. The van der Waals surface area contributed by atoms with Gasteiger partial charge in [-0.25, -0.2) is 8.42 Å². The van der Waals surface area contributed by atoms with Crippen LogP contribution in [0.15, 0.2) is 59.5 Å². The highest BCUT2D eigenvalue weighted by Gasteiger charge is 2.26. The van der Waals surface area contributed by atoms with Gasteiger partial charge in [-0.2, -0.15) is 16.1 Å². The van der Waals surface area contributed by atoms with Gasteiger partial charge in [0, 0.05) is 37.6 Å². The Balaban J connectivity index is 1.35. The molecule has 0 saturated carbocycles. The van der Waals surface area contributed by atoms with E-state index in [0.29, 0.717) is 37.4 Å². The number of carbonyl (C=O) groups excluding carboxylic acids is 1. The van der Waals surface area contributed by atoms with Crippen molar-refractivity contribution in [2.24, 2.45) is 0 Å². The van der Waals surface area contributed by atoms with E-state index in [0.717, 1.165) is 29.9 Å². The molecule has 1 amide bonds. The molecule has 1 heterocycles. The van der Waals surface area contributed by atoms with Gasteiger partial charge in [-0.15, -0.1) is 0 Å². The summed E-state index contributed by atoms with van der Waals surface area (Å²) in [6.07, 6.45) is 2.86. The molecule has 7 heteroatoms. The lowest BCUT2D eigenvalue weighted by Gasteiger charge is -2.15. The summed E-state index contributed by atoms with van der Waals surface area (Å²) >= 11 is 1.80. The minimum absolute atomic E-state index is 0.0269. The quantitative estimate of drug-likeness (QED) is 0.584. The number of sulfonamides is 1. The molecular formula is C22H28N2O3S2. The lowest BCUT2D eigenvalue weighted by Crippen LogP contribution is -2.27. The highest BCUT2D eigenvalue weighted by molar-refractivity contribution is 7.98. The van der Waals surface area contributed by atoms with Gasteiger partial charge in [-0.05, 0) is 42.5 Å². The third kappa shape index (κ3) is 6.59. The fraction of sp³-hybridized carbons (Fsp3) is 0.409. The summed E-state index contributed by atoms with van der Waals surface area (Å²) < 4.78 is 26.6.